The molecule has 0 saturated carbocycles. The van der Waals surface area contributed by atoms with Gasteiger partial charge in [0.15, 0.2) is 0 Å². The van der Waals surface area contributed by atoms with Crippen LogP contribution in [0.5, 0.6) is 0 Å². The minimum Gasteiger partial charge on any atom is -0.385 e. The number of thiophene rings is 1. The van der Waals surface area contributed by atoms with Gasteiger partial charge in [-0.05, 0) is 37.7 Å². The lowest BCUT2D eigenvalue weighted by Crippen LogP contribution is -2.41. The molecule has 2 aromatic rings. The Bertz CT molecular complexity index is 944. The predicted molar refractivity (Wildman–Crippen MR) is 112 cm³/mol. The molecule has 0 aliphatic carbocycles. The summed E-state index contributed by atoms with van der Waals surface area (Å²) < 4.78 is 6.33. The van der Waals surface area contributed by atoms with Crippen molar-refractivity contribution in [1.29, 1.82) is 0 Å². The number of rotatable bonds is 7. The highest BCUT2D eigenvalue weighted by Crippen LogP contribution is 2.26. The number of fused-ring (bicyclic) bond motifs is 1. The van der Waals surface area contributed by atoms with Crippen LogP contribution in [0.1, 0.15) is 41.4 Å². The quantitative estimate of drug-likeness (QED) is 0.690. The molecule has 0 atom stereocenters. The first-order valence-corrected chi connectivity index (χ1v) is 10.8. The van der Waals surface area contributed by atoms with Crippen LogP contribution in [0.2, 0.25) is 0 Å². The summed E-state index contributed by atoms with van der Waals surface area (Å²) in [4.78, 5) is 45.2. The minimum atomic E-state index is -0.277. The molecule has 29 heavy (non-hydrogen) atoms. The zero-order chi connectivity index (χ0) is 21.0. The molecule has 3 rings (SSSR count). The maximum absolute atomic E-state index is 13.0. The SMILES string of the molecule is COCCCNC(=O)c1sc2ncn(CC(=O)N3CCC(C)CC3)c(=O)c2c1C. The van der Waals surface area contributed by atoms with Gasteiger partial charge in [0.05, 0.1) is 16.6 Å². The van der Waals surface area contributed by atoms with E-state index in [2.05, 4.69) is 17.2 Å². The Kier molecular flexibility index (Phi) is 7.02. The zero-order valence-corrected chi connectivity index (χ0v) is 18.0. The van der Waals surface area contributed by atoms with E-state index < -0.39 is 0 Å². The number of nitrogens with zero attached hydrogens (tertiary/aromatic N) is 3. The first-order chi connectivity index (χ1) is 13.9. The third-order valence-corrected chi connectivity index (χ3v) is 6.57. The molecule has 1 fully saturated rings. The van der Waals surface area contributed by atoms with E-state index in [1.807, 2.05) is 4.90 Å². The van der Waals surface area contributed by atoms with Crippen molar-refractivity contribution in [3.05, 3.63) is 27.1 Å². The van der Waals surface area contributed by atoms with E-state index >= 15 is 0 Å². The summed E-state index contributed by atoms with van der Waals surface area (Å²) >= 11 is 1.20. The third kappa shape index (κ3) is 4.84. The lowest BCUT2D eigenvalue weighted by atomic mass is 9.99. The van der Waals surface area contributed by atoms with E-state index in [0.29, 0.717) is 46.1 Å². The van der Waals surface area contributed by atoms with E-state index in [9.17, 15) is 14.4 Å². The van der Waals surface area contributed by atoms with Gasteiger partial charge in [0.2, 0.25) is 5.91 Å². The van der Waals surface area contributed by atoms with Gasteiger partial charge in [-0.3, -0.25) is 19.0 Å². The molecular formula is C20H28N4O4S. The first kappa shape index (κ1) is 21.4. The van der Waals surface area contributed by atoms with Crippen LogP contribution in [0.3, 0.4) is 0 Å². The van der Waals surface area contributed by atoms with Crippen LogP contribution in [0, 0.1) is 12.8 Å². The second-order valence-corrected chi connectivity index (χ2v) is 8.58. The van der Waals surface area contributed by atoms with Crippen LogP contribution >= 0.6 is 11.3 Å². The molecule has 9 heteroatoms. The van der Waals surface area contributed by atoms with Crippen molar-refractivity contribution >= 4 is 33.4 Å². The van der Waals surface area contributed by atoms with Crippen LogP contribution in [0.15, 0.2) is 11.1 Å². The monoisotopic (exact) mass is 420 g/mol. The van der Waals surface area contributed by atoms with E-state index in [1.54, 1.807) is 14.0 Å². The van der Waals surface area contributed by atoms with E-state index in [-0.39, 0.29) is 23.9 Å². The highest BCUT2D eigenvalue weighted by Gasteiger charge is 2.23. The lowest BCUT2D eigenvalue weighted by molar-refractivity contribution is -0.133. The van der Waals surface area contributed by atoms with Crippen molar-refractivity contribution in [3.63, 3.8) is 0 Å². The number of aryl methyl sites for hydroxylation is 1. The molecule has 2 aromatic heterocycles. The van der Waals surface area contributed by atoms with Gasteiger partial charge in [-0.1, -0.05) is 6.92 Å². The zero-order valence-electron chi connectivity index (χ0n) is 17.2. The first-order valence-electron chi connectivity index (χ1n) is 9.95. The van der Waals surface area contributed by atoms with Gasteiger partial charge in [0.1, 0.15) is 11.4 Å². The van der Waals surface area contributed by atoms with E-state index in [4.69, 9.17) is 4.74 Å². The Labute approximate surface area is 173 Å². The van der Waals surface area contributed by atoms with Gasteiger partial charge in [0, 0.05) is 33.4 Å². The Morgan fingerprint density at radius 1 is 1.34 bits per heavy atom. The molecule has 0 aromatic carbocycles. The van der Waals surface area contributed by atoms with Crippen molar-refractivity contribution in [2.75, 3.05) is 33.4 Å². The Morgan fingerprint density at radius 3 is 2.76 bits per heavy atom. The molecule has 0 radical (unpaired) electrons. The van der Waals surface area contributed by atoms with Crippen LogP contribution in [0.25, 0.3) is 10.2 Å². The second kappa shape index (κ2) is 9.49. The van der Waals surface area contributed by atoms with Crippen LogP contribution in [-0.4, -0.2) is 59.6 Å². The number of carbonyl (C=O) groups is 2. The van der Waals surface area contributed by atoms with Crippen molar-refractivity contribution in [3.8, 4) is 0 Å². The normalized spacial score (nSPS) is 15.1. The topological polar surface area (TPSA) is 93.5 Å². The van der Waals surface area contributed by atoms with E-state index in [0.717, 1.165) is 25.9 Å². The van der Waals surface area contributed by atoms with Crippen molar-refractivity contribution in [2.45, 2.75) is 39.7 Å². The lowest BCUT2D eigenvalue weighted by Gasteiger charge is -2.30. The number of hydrogen-bond donors (Lipinski definition) is 1. The maximum Gasteiger partial charge on any atom is 0.262 e. The number of amides is 2. The average Bonchev–Trinajstić information content (AvgIpc) is 3.05. The fraction of sp³-hybridized carbons (Fsp3) is 0.600. The molecule has 158 valence electrons. The van der Waals surface area contributed by atoms with Gasteiger partial charge < -0.3 is 15.0 Å². The number of nitrogens with one attached hydrogen (secondary N) is 1. The minimum absolute atomic E-state index is 0.0238. The number of aromatic nitrogens is 2. The maximum atomic E-state index is 13.0. The summed E-state index contributed by atoms with van der Waals surface area (Å²) in [7, 11) is 1.62. The van der Waals surface area contributed by atoms with Gasteiger partial charge >= 0.3 is 0 Å². The fourth-order valence-corrected chi connectivity index (χ4v) is 4.55. The van der Waals surface area contributed by atoms with Crippen molar-refractivity contribution in [2.24, 2.45) is 5.92 Å². The molecule has 0 bridgehead atoms. The number of carbonyl (C=O) groups excluding carboxylic acids is 2. The Hall–Kier alpha value is -2.26. The van der Waals surface area contributed by atoms with Gasteiger partial charge in [-0.2, -0.15) is 0 Å². The average molecular weight is 421 g/mol. The molecular weight excluding hydrogens is 392 g/mol. The Balaban J connectivity index is 1.77. The summed E-state index contributed by atoms with van der Waals surface area (Å²) in [5.74, 6) is 0.350. The van der Waals surface area contributed by atoms with Gasteiger partial charge in [0.25, 0.3) is 11.5 Å². The molecule has 8 nitrogen and oxygen atoms in total. The molecule has 1 N–H and O–H groups in total. The molecule has 0 spiro atoms. The summed E-state index contributed by atoms with van der Waals surface area (Å²) in [5.41, 5.74) is 0.334. The summed E-state index contributed by atoms with van der Waals surface area (Å²) in [6, 6.07) is 0. The second-order valence-electron chi connectivity index (χ2n) is 7.58. The number of ether oxygens (including phenoxy) is 1. The molecule has 1 aliphatic heterocycles. The largest absolute Gasteiger partial charge is 0.385 e. The fourth-order valence-electron chi connectivity index (χ4n) is 3.49. The summed E-state index contributed by atoms with van der Waals surface area (Å²) in [5, 5.41) is 3.26. The van der Waals surface area contributed by atoms with Crippen LogP contribution in [0.4, 0.5) is 0 Å². The molecule has 1 aliphatic rings. The molecule has 2 amide bonds. The Morgan fingerprint density at radius 2 is 2.07 bits per heavy atom. The number of piperidine rings is 1. The highest BCUT2D eigenvalue weighted by atomic mass is 32.1. The molecule has 1 saturated heterocycles. The van der Waals surface area contributed by atoms with Crippen molar-refractivity contribution in [1.82, 2.24) is 19.8 Å². The predicted octanol–water partition coefficient (Wildman–Crippen LogP) is 1.79. The van der Waals surface area contributed by atoms with Gasteiger partial charge in [-0.25, -0.2) is 4.98 Å². The summed E-state index contributed by atoms with van der Waals surface area (Å²) in [6.45, 7) is 6.45. The molecule has 3 heterocycles. The number of methoxy groups -OCH3 is 1. The standard InChI is InChI=1S/C20H28N4O4S/c1-13-5-8-23(9-6-13)15(25)11-24-12-22-19-16(20(24)27)14(2)17(29-19)18(26)21-7-4-10-28-3/h12-13H,4-11H2,1-3H3,(H,21,26). The van der Waals surface area contributed by atoms with E-state index in [1.165, 1.54) is 22.2 Å². The number of hydrogen-bond acceptors (Lipinski definition) is 6. The molecule has 0 unspecified atom stereocenters. The smallest absolute Gasteiger partial charge is 0.262 e. The van der Waals surface area contributed by atoms with Crippen LogP contribution < -0.4 is 10.9 Å². The summed E-state index contributed by atoms with van der Waals surface area (Å²) in [6.07, 6.45) is 4.11. The van der Waals surface area contributed by atoms with Crippen molar-refractivity contribution < 1.29 is 14.3 Å². The third-order valence-electron chi connectivity index (χ3n) is 5.38. The van der Waals surface area contributed by atoms with Crippen LogP contribution in [-0.2, 0) is 16.1 Å². The van der Waals surface area contributed by atoms with Gasteiger partial charge in [-0.15, -0.1) is 11.3 Å². The highest BCUT2D eigenvalue weighted by molar-refractivity contribution is 7.20. The number of likely N-dealkylation sites (tertiary alicyclic amines) is 1.